The first-order valence-electron chi connectivity index (χ1n) is 2.67. The summed E-state index contributed by atoms with van der Waals surface area (Å²) in [5, 5.41) is -0.118. The van der Waals surface area contributed by atoms with Gasteiger partial charge in [-0.25, -0.2) is 4.98 Å². The summed E-state index contributed by atoms with van der Waals surface area (Å²) in [5.41, 5.74) is 0. The van der Waals surface area contributed by atoms with Gasteiger partial charge in [0.1, 0.15) is 0 Å². The van der Waals surface area contributed by atoms with Gasteiger partial charge < -0.3 is 4.74 Å². The fourth-order valence-electron chi connectivity index (χ4n) is 0.515. The Morgan fingerprint density at radius 1 is 1.64 bits per heavy atom. The molecule has 0 bridgehead atoms. The first-order valence-corrected chi connectivity index (χ1v) is 3.05. The molecule has 2 nitrogen and oxygen atoms in total. The van der Waals surface area contributed by atoms with Gasteiger partial charge in [0.25, 0.3) is 0 Å². The lowest BCUT2D eigenvalue weighted by Gasteiger charge is -2.03. The van der Waals surface area contributed by atoms with E-state index in [1.807, 2.05) is 0 Å². The average molecular weight is 179 g/mol. The van der Waals surface area contributed by atoms with E-state index in [-0.39, 0.29) is 10.9 Å². The van der Waals surface area contributed by atoms with Crippen molar-refractivity contribution in [3.63, 3.8) is 0 Å². The minimum atomic E-state index is -2.88. The van der Waals surface area contributed by atoms with E-state index in [0.29, 0.717) is 0 Å². The van der Waals surface area contributed by atoms with Gasteiger partial charge in [-0.1, -0.05) is 11.6 Å². The van der Waals surface area contributed by atoms with Gasteiger partial charge in [-0.05, 0) is 12.1 Å². The fourth-order valence-corrected chi connectivity index (χ4v) is 0.671. The summed E-state index contributed by atoms with van der Waals surface area (Å²) in [7, 11) is 0. The molecule has 0 fully saturated rings. The highest BCUT2D eigenvalue weighted by molar-refractivity contribution is 6.30. The third kappa shape index (κ3) is 2.31. The molecular formula is C6H3ClF2NO. The third-order valence-electron chi connectivity index (χ3n) is 0.891. The van der Waals surface area contributed by atoms with Gasteiger partial charge in [0.2, 0.25) is 0 Å². The van der Waals surface area contributed by atoms with Crippen LogP contribution in [-0.2, 0) is 0 Å². The highest BCUT2D eigenvalue weighted by Crippen LogP contribution is 2.21. The molecule has 11 heavy (non-hydrogen) atoms. The molecule has 0 spiro atoms. The Kier molecular flexibility index (Phi) is 2.59. The van der Waals surface area contributed by atoms with Gasteiger partial charge in [0.05, 0.1) is 6.20 Å². The van der Waals surface area contributed by atoms with E-state index in [0.717, 1.165) is 0 Å². The monoisotopic (exact) mass is 178 g/mol. The topological polar surface area (TPSA) is 22.1 Å². The number of ether oxygens (including phenoxy) is 1. The van der Waals surface area contributed by atoms with Gasteiger partial charge in [0.15, 0.2) is 10.9 Å². The lowest BCUT2D eigenvalue weighted by Crippen LogP contribution is -2.02. The standard InChI is InChI=1S/C6H3ClF2NO/c7-5-4(11-6(8)9)2-1-3-10-5/h1-2,6H. The highest BCUT2D eigenvalue weighted by Gasteiger charge is 2.07. The number of hydrogen-bond acceptors (Lipinski definition) is 2. The molecule has 0 amide bonds. The van der Waals surface area contributed by atoms with E-state index >= 15 is 0 Å². The number of pyridine rings is 1. The average Bonchev–Trinajstić information content (AvgIpc) is 1.93. The van der Waals surface area contributed by atoms with Gasteiger partial charge in [-0.15, -0.1) is 0 Å². The second-order valence-corrected chi connectivity index (χ2v) is 1.97. The molecule has 5 heteroatoms. The Balaban J connectivity index is 2.78. The summed E-state index contributed by atoms with van der Waals surface area (Å²) >= 11 is 5.37. The van der Waals surface area contributed by atoms with E-state index in [4.69, 9.17) is 11.6 Å². The van der Waals surface area contributed by atoms with Crippen molar-refractivity contribution in [2.75, 3.05) is 0 Å². The second kappa shape index (κ2) is 3.48. The Morgan fingerprint density at radius 3 is 2.91 bits per heavy atom. The van der Waals surface area contributed by atoms with Crippen molar-refractivity contribution < 1.29 is 13.5 Å². The van der Waals surface area contributed by atoms with Crippen molar-refractivity contribution in [1.82, 2.24) is 4.98 Å². The van der Waals surface area contributed by atoms with E-state index in [1.54, 1.807) is 0 Å². The third-order valence-corrected chi connectivity index (χ3v) is 1.16. The molecule has 1 heterocycles. The van der Waals surface area contributed by atoms with E-state index in [9.17, 15) is 8.78 Å². The van der Waals surface area contributed by atoms with Crippen molar-refractivity contribution in [1.29, 1.82) is 0 Å². The van der Waals surface area contributed by atoms with Crippen molar-refractivity contribution >= 4 is 11.6 Å². The largest absolute Gasteiger partial charge is 0.432 e. The Hall–Kier alpha value is -0.900. The maximum atomic E-state index is 11.6. The maximum Gasteiger partial charge on any atom is 0.387 e. The summed E-state index contributed by atoms with van der Waals surface area (Å²) in [6, 6.07) is 2.60. The molecule has 0 saturated heterocycles. The molecule has 1 radical (unpaired) electrons. The molecule has 0 aliphatic rings. The summed E-state index contributed by atoms with van der Waals surface area (Å²) in [6.45, 7) is -2.88. The van der Waals surface area contributed by atoms with Crippen LogP contribution in [0.4, 0.5) is 8.78 Å². The smallest absolute Gasteiger partial charge is 0.387 e. The quantitative estimate of drug-likeness (QED) is 0.648. The summed E-state index contributed by atoms with van der Waals surface area (Å²) in [6.07, 6.45) is 2.37. The van der Waals surface area contributed by atoms with Crippen LogP contribution in [0.5, 0.6) is 5.75 Å². The molecule has 0 unspecified atom stereocenters. The zero-order chi connectivity index (χ0) is 8.27. The molecule has 59 valence electrons. The number of halogens is 3. The number of nitrogens with zero attached hydrogens (tertiary/aromatic N) is 1. The zero-order valence-electron chi connectivity index (χ0n) is 5.22. The second-order valence-electron chi connectivity index (χ2n) is 1.61. The van der Waals surface area contributed by atoms with Gasteiger partial charge >= 0.3 is 6.61 Å². The van der Waals surface area contributed by atoms with Gasteiger partial charge in [-0.3, -0.25) is 0 Å². The van der Waals surface area contributed by atoms with Crippen LogP contribution in [0.1, 0.15) is 0 Å². The van der Waals surface area contributed by atoms with E-state index < -0.39 is 6.61 Å². The fraction of sp³-hybridized carbons (Fsp3) is 0.167. The normalized spacial score (nSPS) is 10.2. The molecule has 1 rings (SSSR count). The van der Waals surface area contributed by atoms with E-state index in [1.165, 1.54) is 12.1 Å². The van der Waals surface area contributed by atoms with Crippen LogP contribution in [0.3, 0.4) is 0 Å². The molecule has 1 aromatic heterocycles. The van der Waals surface area contributed by atoms with Crippen LogP contribution in [0.2, 0.25) is 5.15 Å². The molecule has 0 N–H and O–H groups in total. The Bertz CT molecular complexity index is 244. The molecule has 0 saturated carbocycles. The first-order chi connectivity index (χ1) is 5.20. The lowest BCUT2D eigenvalue weighted by molar-refractivity contribution is -0.0500. The summed E-state index contributed by atoms with van der Waals surface area (Å²) in [4.78, 5) is 3.41. The van der Waals surface area contributed by atoms with Crippen LogP contribution in [0.25, 0.3) is 0 Å². The molecule has 0 atom stereocenters. The maximum absolute atomic E-state index is 11.6. The van der Waals surface area contributed by atoms with Crippen molar-refractivity contribution in [3.8, 4) is 5.75 Å². The number of aromatic nitrogens is 1. The predicted molar refractivity (Wildman–Crippen MR) is 34.7 cm³/mol. The summed E-state index contributed by atoms with van der Waals surface area (Å²) in [5.74, 6) is -0.139. The van der Waals surface area contributed by atoms with E-state index in [2.05, 4.69) is 15.9 Å². The molecular weight excluding hydrogens is 176 g/mol. The molecule has 0 aliphatic heterocycles. The Labute approximate surface area is 66.8 Å². The SMILES string of the molecule is FC(F)Oc1cc[c]nc1Cl. The van der Waals surface area contributed by atoms with Crippen LogP contribution in [0, 0.1) is 6.20 Å². The predicted octanol–water partition coefficient (Wildman–Crippen LogP) is 2.14. The van der Waals surface area contributed by atoms with Crippen molar-refractivity contribution in [2.24, 2.45) is 0 Å². The van der Waals surface area contributed by atoms with Crippen molar-refractivity contribution in [3.05, 3.63) is 23.5 Å². The molecule has 1 aromatic rings. The number of hydrogen-bond donors (Lipinski definition) is 0. The molecule has 0 aliphatic carbocycles. The van der Waals surface area contributed by atoms with Crippen LogP contribution in [0.15, 0.2) is 12.1 Å². The van der Waals surface area contributed by atoms with Crippen LogP contribution in [-0.4, -0.2) is 11.6 Å². The Morgan fingerprint density at radius 2 is 2.36 bits per heavy atom. The minimum Gasteiger partial charge on any atom is -0.432 e. The highest BCUT2D eigenvalue weighted by atomic mass is 35.5. The lowest BCUT2D eigenvalue weighted by atomic mass is 10.5. The van der Waals surface area contributed by atoms with Crippen LogP contribution < -0.4 is 4.74 Å². The first kappa shape index (κ1) is 8.20. The van der Waals surface area contributed by atoms with Gasteiger partial charge in [0, 0.05) is 0 Å². The zero-order valence-corrected chi connectivity index (χ0v) is 5.98. The molecule has 0 aromatic carbocycles. The van der Waals surface area contributed by atoms with Crippen molar-refractivity contribution in [2.45, 2.75) is 6.61 Å². The number of rotatable bonds is 2. The van der Waals surface area contributed by atoms with Crippen LogP contribution >= 0.6 is 11.6 Å². The summed E-state index contributed by atoms with van der Waals surface area (Å²) < 4.78 is 27.2. The number of alkyl halides is 2. The van der Waals surface area contributed by atoms with Gasteiger partial charge in [-0.2, -0.15) is 8.78 Å². The minimum absolute atomic E-state index is 0.118.